The zero-order valence-corrected chi connectivity index (χ0v) is 14.6. The molecule has 0 fully saturated rings. The first-order valence-corrected chi connectivity index (χ1v) is 8.22. The predicted octanol–water partition coefficient (Wildman–Crippen LogP) is 3.86. The van der Waals surface area contributed by atoms with Crippen molar-refractivity contribution in [3.05, 3.63) is 72.1 Å². The second-order valence-electron chi connectivity index (χ2n) is 5.66. The molecule has 0 N–H and O–H groups in total. The Morgan fingerprint density at radius 3 is 2.44 bits per heavy atom. The average Bonchev–Trinajstić information content (AvgIpc) is 3.09. The summed E-state index contributed by atoms with van der Waals surface area (Å²) >= 11 is 0. The fraction of sp³-hybridized carbons (Fsp3) is 0.200. The molecule has 1 heterocycles. The Balaban J connectivity index is 2.01. The van der Waals surface area contributed by atoms with Crippen LogP contribution in [0.1, 0.15) is 23.0 Å². The Labute approximate surface area is 147 Å². The zero-order chi connectivity index (χ0) is 17.8. The van der Waals surface area contributed by atoms with Gasteiger partial charge >= 0.3 is 0 Å². The molecule has 0 bridgehead atoms. The smallest absolute Gasteiger partial charge is 0.282 e. The lowest BCUT2D eigenvalue weighted by Gasteiger charge is -2.22. The molecule has 0 aliphatic carbocycles. The van der Waals surface area contributed by atoms with E-state index in [0.717, 1.165) is 16.9 Å². The molecular formula is C20H21N3O2. The monoisotopic (exact) mass is 335 g/mol. The second-order valence-corrected chi connectivity index (χ2v) is 5.66. The number of nitrogens with zero attached hydrogens (tertiary/aromatic N) is 3. The van der Waals surface area contributed by atoms with E-state index in [-0.39, 0.29) is 5.91 Å². The molecule has 0 spiro atoms. The van der Waals surface area contributed by atoms with Gasteiger partial charge in [-0.05, 0) is 37.6 Å². The van der Waals surface area contributed by atoms with Crippen LogP contribution in [0, 0.1) is 6.92 Å². The molecule has 0 atom stereocenters. The number of benzene rings is 2. The summed E-state index contributed by atoms with van der Waals surface area (Å²) in [6.45, 7) is 4.49. The molecule has 1 aromatic heterocycles. The summed E-state index contributed by atoms with van der Waals surface area (Å²) in [5.41, 5.74) is 3.10. The quantitative estimate of drug-likeness (QED) is 0.711. The molecule has 3 rings (SSSR count). The first kappa shape index (κ1) is 16.8. The van der Waals surface area contributed by atoms with Crippen molar-refractivity contribution in [3.63, 3.8) is 0 Å². The summed E-state index contributed by atoms with van der Waals surface area (Å²) in [6.07, 6.45) is 1.73. The van der Waals surface area contributed by atoms with Gasteiger partial charge in [0.1, 0.15) is 0 Å². The van der Waals surface area contributed by atoms with E-state index in [1.165, 1.54) is 0 Å². The van der Waals surface area contributed by atoms with E-state index in [4.69, 9.17) is 4.74 Å². The topological polar surface area (TPSA) is 47.4 Å². The largest absolute Gasteiger partial charge is 0.493 e. The normalized spacial score (nSPS) is 10.5. The Hall–Kier alpha value is -3.08. The van der Waals surface area contributed by atoms with Crippen LogP contribution >= 0.6 is 0 Å². The fourth-order valence-electron chi connectivity index (χ4n) is 2.79. The highest BCUT2D eigenvalue weighted by Gasteiger charge is 2.25. The molecular weight excluding hydrogens is 314 g/mol. The van der Waals surface area contributed by atoms with E-state index in [2.05, 4.69) is 5.10 Å². The number of anilines is 1. The number of amides is 1. The number of methoxy groups -OCH3 is 1. The van der Waals surface area contributed by atoms with Crippen LogP contribution in [-0.2, 0) is 0 Å². The van der Waals surface area contributed by atoms with Gasteiger partial charge in [0.25, 0.3) is 5.91 Å². The molecule has 5 heteroatoms. The maximum absolute atomic E-state index is 13.1. The van der Waals surface area contributed by atoms with Crippen molar-refractivity contribution in [2.45, 2.75) is 13.8 Å². The van der Waals surface area contributed by atoms with Gasteiger partial charge in [-0.3, -0.25) is 4.79 Å². The molecule has 25 heavy (non-hydrogen) atoms. The number of para-hydroxylation sites is 2. The van der Waals surface area contributed by atoms with Gasteiger partial charge < -0.3 is 9.64 Å². The van der Waals surface area contributed by atoms with Crippen LogP contribution in [0.2, 0.25) is 0 Å². The van der Waals surface area contributed by atoms with Crippen molar-refractivity contribution in [3.8, 4) is 11.4 Å². The van der Waals surface area contributed by atoms with Crippen LogP contribution in [0.4, 0.5) is 5.69 Å². The highest BCUT2D eigenvalue weighted by atomic mass is 16.5. The second kappa shape index (κ2) is 7.21. The minimum atomic E-state index is -0.177. The van der Waals surface area contributed by atoms with Crippen LogP contribution in [0.25, 0.3) is 5.69 Å². The third kappa shape index (κ3) is 3.26. The summed E-state index contributed by atoms with van der Waals surface area (Å²) < 4.78 is 7.06. The van der Waals surface area contributed by atoms with Crippen LogP contribution in [0.3, 0.4) is 0 Å². The highest BCUT2D eigenvalue weighted by Crippen LogP contribution is 2.25. The van der Waals surface area contributed by atoms with Gasteiger partial charge in [0.2, 0.25) is 0 Å². The summed E-state index contributed by atoms with van der Waals surface area (Å²) in [7, 11) is 1.55. The van der Waals surface area contributed by atoms with E-state index in [1.807, 2.05) is 68.4 Å². The third-order valence-corrected chi connectivity index (χ3v) is 4.09. The predicted molar refractivity (Wildman–Crippen MR) is 98.6 cm³/mol. The van der Waals surface area contributed by atoms with E-state index >= 15 is 0 Å². The number of aromatic nitrogens is 2. The van der Waals surface area contributed by atoms with Gasteiger partial charge in [0, 0.05) is 12.2 Å². The van der Waals surface area contributed by atoms with Gasteiger partial charge in [-0.25, -0.2) is 4.68 Å². The van der Waals surface area contributed by atoms with Crippen molar-refractivity contribution >= 4 is 11.6 Å². The summed E-state index contributed by atoms with van der Waals surface area (Å²) in [5.74, 6) is 0.282. The van der Waals surface area contributed by atoms with Gasteiger partial charge in [-0.1, -0.05) is 36.4 Å². The summed E-state index contributed by atoms with van der Waals surface area (Å²) in [5, 5.41) is 4.48. The van der Waals surface area contributed by atoms with Gasteiger partial charge in [-0.15, -0.1) is 0 Å². The molecule has 0 radical (unpaired) electrons. The molecule has 3 aromatic rings. The van der Waals surface area contributed by atoms with Crippen molar-refractivity contribution in [1.82, 2.24) is 9.78 Å². The van der Waals surface area contributed by atoms with Crippen LogP contribution in [0.15, 0.2) is 60.8 Å². The molecule has 0 aliphatic rings. The third-order valence-electron chi connectivity index (χ3n) is 4.09. The van der Waals surface area contributed by atoms with E-state index in [0.29, 0.717) is 18.0 Å². The Bertz CT molecular complexity index is 872. The first-order chi connectivity index (χ1) is 12.2. The molecule has 1 amide bonds. The molecule has 2 aromatic carbocycles. The van der Waals surface area contributed by atoms with Crippen molar-refractivity contribution in [2.75, 3.05) is 18.6 Å². The SMILES string of the molecule is CCN(C(=O)c1nn(-c2ccccc2)cc1OC)c1ccccc1C. The number of ether oxygens (including phenoxy) is 1. The lowest BCUT2D eigenvalue weighted by atomic mass is 10.1. The van der Waals surface area contributed by atoms with Crippen molar-refractivity contribution in [1.29, 1.82) is 0 Å². The van der Waals surface area contributed by atoms with Crippen molar-refractivity contribution in [2.24, 2.45) is 0 Å². The van der Waals surface area contributed by atoms with Crippen LogP contribution in [0.5, 0.6) is 5.75 Å². The number of rotatable bonds is 5. The highest BCUT2D eigenvalue weighted by molar-refractivity contribution is 6.06. The molecule has 128 valence electrons. The summed E-state index contributed by atoms with van der Waals surface area (Å²) in [6, 6.07) is 17.5. The van der Waals surface area contributed by atoms with Crippen LogP contribution in [-0.4, -0.2) is 29.3 Å². The number of carbonyl (C=O) groups excluding carboxylic acids is 1. The lowest BCUT2D eigenvalue weighted by Crippen LogP contribution is -2.32. The van der Waals surface area contributed by atoms with Gasteiger partial charge in [0.05, 0.1) is 19.0 Å². The standard InChI is InChI=1S/C20H21N3O2/c1-4-22(17-13-9-8-10-15(17)2)20(24)19-18(25-3)14-23(21-19)16-11-6-5-7-12-16/h5-14H,4H2,1-3H3. The maximum Gasteiger partial charge on any atom is 0.282 e. The number of aryl methyl sites for hydroxylation is 1. The first-order valence-electron chi connectivity index (χ1n) is 8.22. The summed E-state index contributed by atoms with van der Waals surface area (Å²) in [4.78, 5) is 14.8. The Morgan fingerprint density at radius 1 is 1.12 bits per heavy atom. The number of carbonyl (C=O) groups is 1. The van der Waals surface area contributed by atoms with Crippen molar-refractivity contribution < 1.29 is 9.53 Å². The zero-order valence-electron chi connectivity index (χ0n) is 14.6. The maximum atomic E-state index is 13.1. The van der Waals surface area contributed by atoms with E-state index < -0.39 is 0 Å². The minimum Gasteiger partial charge on any atom is -0.493 e. The van der Waals surface area contributed by atoms with Crippen LogP contribution < -0.4 is 9.64 Å². The minimum absolute atomic E-state index is 0.177. The molecule has 0 unspecified atom stereocenters. The molecule has 0 saturated carbocycles. The molecule has 0 saturated heterocycles. The number of hydrogen-bond acceptors (Lipinski definition) is 3. The van der Waals surface area contributed by atoms with Gasteiger partial charge in [-0.2, -0.15) is 5.10 Å². The lowest BCUT2D eigenvalue weighted by molar-refractivity contribution is 0.0980. The van der Waals surface area contributed by atoms with E-state index in [9.17, 15) is 4.79 Å². The average molecular weight is 335 g/mol. The van der Waals surface area contributed by atoms with E-state index in [1.54, 1.807) is 22.9 Å². The Kier molecular flexibility index (Phi) is 4.84. The Morgan fingerprint density at radius 2 is 1.80 bits per heavy atom. The molecule has 0 aliphatic heterocycles. The van der Waals surface area contributed by atoms with Gasteiger partial charge in [0.15, 0.2) is 11.4 Å². The number of hydrogen-bond donors (Lipinski definition) is 0. The fourth-order valence-corrected chi connectivity index (χ4v) is 2.79. The molecule has 5 nitrogen and oxygen atoms in total.